The van der Waals surface area contributed by atoms with Gasteiger partial charge in [-0.2, -0.15) is 17.0 Å². The van der Waals surface area contributed by atoms with Crippen LogP contribution < -0.4 is 0 Å². The summed E-state index contributed by atoms with van der Waals surface area (Å²) >= 11 is 0. The third kappa shape index (κ3) is 3.15. The first-order valence-corrected chi connectivity index (χ1v) is 6.81. The van der Waals surface area contributed by atoms with Gasteiger partial charge in [-0.3, -0.25) is 4.79 Å². The smallest absolute Gasteiger partial charge is 0.321 e. The number of nitrogens with zero attached hydrogens (tertiary/aromatic N) is 2. The summed E-state index contributed by atoms with van der Waals surface area (Å²) in [4.78, 5) is 10.7. The minimum Gasteiger partial charge on any atom is -0.480 e. The number of hydrogen-bond donors (Lipinski definition) is 1. The largest absolute Gasteiger partial charge is 0.480 e. The molecular weight excluding hydrogens is 270 g/mol. The maximum atomic E-state index is 12.9. The summed E-state index contributed by atoms with van der Waals surface area (Å²) in [5.74, 6) is -4.13. The van der Waals surface area contributed by atoms with Gasteiger partial charge in [0.25, 0.3) is 16.1 Å². The van der Waals surface area contributed by atoms with Gasteiger partial charge in [0.15, 0.2) is 0 Å². The predicted octanol–water partition coefficient (Wildman–Crippen LogP) is 0.367. The van der Waals surface area contributed by atoms with Gasteiger partial charge in [-0.15, -0.1) is 0 Å². The Bertz CT molecular complexity index is 416. The number of piperidine rings is 1. The van der Waals surface area contributed by atoms with Crippen molar-refractivity contribution in [2.24, 2.45) is 0 Å². The minimum absolute atomic E-state index is 0.300. The quantitative estimate of drug-likeness (QED) is 0.810. The van der Waals surface area contributed by atoms with Crippen molar-refractivity contribution in [1.29, 1.82) is 0 Å². The van der Waals surface area contributed by atoms with E-state index >= 15 is 0 Å². The van der Waals surface area contributed by atoms with E-state index in [1.807, 2.05) is 0 Å². The molecule has 0 aromatic rings. The van der Waals surface area contributed by atoms with Crippen molar-refractivity contribution in [2.75, 3.05) is 20.1 Å². The van der Waals surface area contributed by atoms with Crippen LogP contribution in [0.3, 0.4) is 0 Å². The van der Waals surface area contributed by atoms with Gasteiger partial charge in [0.05, 0.1) is 0 Å². The third-order valence-corrected chi connectivity index (χ3v) is 5.11. The minimum atomic E-state index is -4.00. The van der Waals surface area contributed by atoms with E-state index in [4.69, 9.17) is 5.11 Å². The Morgan fingerprint density at radius 3 is 2.22 bits per heavy atom. The average molecular weight is 286 g/mol. The first-order valence-electron chi connectivity index (χ1n) is 5.42. The second-order valence-electron chi connectivity index (χ2n) is 4.29. The highest BCUT2D eigenvalue weighted by Crippen LogP contribution is 2.29. The molecular formula is C9H16F2N2O4S. The fourth-order valence-corrected chi connectivity index (χ4v) is 3.08. The molecule has 1 heterocycles. The molecule has 1 N–H and O–H groups in total. The molecule has 1 saturated heterocycles. The summed E-state index contributed by atoms with van der Waals surface area (Å²) in [7, 11) is -2.88. The first kappa shape index (κ1) is 15.3. The highest BCUT2D eigenvalue weighted by Gasteiger charge is 2.41. The third-order valence-electron chi connectivity index (χ3n) is 3.05. The fourth-order valence-electron chi connectivity index (χ4n) is 1.58. The van der Waals surface area contributed by atoms with Crippen LogP contribution >= 0.6 is 0 Å². The summed E-state index contributed by atoms with van der Waals surface area (Å²) in [6.07, 6.45) is -1.08. The van der Waals surface area contributed by atoms with Crippen LogP contribution in [0.5, 0.6) is 0 Å². The molecule has 9 heteroatoms. The Kier molecular flexibility index (Phi) is 4.29. The van der Waals surface area contributed by atoms with Crippen molar-refractivity contribution in [3.05, 3.63) is 0 Å². The summed E-state index contributed by atoms with van der Waals surface area (Å²) in [5.41, 5.74) is 0. The van der Waals surface area contributed by atoms with Gasteiger partial charge < -0.3 is 5.11 Å². The molecule has 106 valence electrons. The zero-order chi connectivity index (χ0) is 14.1. The van der Waals surface area contributed by atoms with Gasteiger partial charge >= 0.3 is 5.97 Å². The molecule has 0 amide bonds. The summed E-state index contributed by atoms with van der Waals surface area (Å²) in [6, 6.07) is -1.24. The van der Waals surface area contributed by atoms with E-state index in [2.05, 4.69) is 0 Å². The topological polar surface area (TPSA) is 77.9 Å². The number of halogens is 2. The molecule has 6 nitrogen and oxygen atoms in total. The maximum absolute atomic E-state index is 12.9. The fraction of sp³-hybridized carbons (Fsp3) is 0.889. The van der Waals surface area contributed by atoms with Crippen molar-refractivity contribution < 1.29 is 27.1 Å². The lowest BCUT2D eigenvalue weighted by Crippen LogP contribution is -2.51. The van der Waals surface area contributed by atoms with Crippen molar-refractivity contribution in [3.63, 3.8) is 0 Å². The summed E-state index contributed by atoms with van der Waals surface area (Å²) in [5, 5.41) is 8.75. The molecule has 1 atom stereocenters. The van der Waals surface area contributed by atoms with Gasteiger partial charge in [-0.25, -0.2) is 8.78 Å². The highest BCUT2D eigenvalue weighted by atomic mass is 32.2. The van der Waals surface area contributed by atoms with Crippen LogP contribution in [0.4, 0.5) is 8.78 Å². The lowest BCUT2D eigenvalue weighted by Gasteiger charge is -2.34. The van der Waals surface area contributed by atoms with Gasteiger partial charge in [-0.1, -0.05) is 0 Å². The molecule has 0 aliphatic carbocycles. The molecule has 0 aromatic carbocycles. The van der Waals surface area contributed by atoms with Crippen molar-refractivity contribution >= 4 is 16.2 Å². The number of carboxylic acid groups (broad SMARTS) is 1. The van der Waals surface area contributed by atoms with Gasteiger partial charge in [0.1, 0.15) is 6.04 Å². The standard InChI is InChI=1S/C9H16F2N2O4S/c1-7(8(14)15)12(2)18(16,17)13-5-3-9(10,11)4-6-13/h7H,3-6H2,1-2H3,(H,14,15)/t7-/m1/s1. The van der Waals surface area contributed by atoms with E-state index in [9.17, 15) is 22.0 Å². The van der Waals surface area contributed by atoms with E-state index in [1.54, 1.807) is 0 Å². The highest BCUT2D eigenvalue weighted by molar-refractivity contribution is 7.86. The molecule has 0 unspecified atom stereocenters. The van der Waals surface area contributed by atoms with Crippen LogP contribution in [0.25, 0.3) is 0 Å². The van der Waals surface area contributed by atoms with Crippen LogP contribution in [-0.2, 0) is 15.0 Å². The van der Waals surface area contributed by atoms with Gasteiger partial charge in [-0.05, 0) is 6.92 Å². The average Bonchev–Trinajstić information content (AvgIpc) is 2.26. The molecule has 0 aromatic heterocycles. The van der Waals surface area contributed by atoms with Crippen molar-refractivity contribution in [2.45, 2.75) is 31.7 Å². The lowest BCUT2D eigenvalue weighted by atomic mass is 10.1. The number of likely N-dealkylation sites (N-methyl/N-ethyl adjacent to an activating group) is 1. The number of carbonyl (C=O) groups is 1. The Morgan fingerprint density at radius 2 is 1.83 bits per heavy atom. The molecule has 1 aliphatic rings. The summed E-state index contributed by atoms with van der Waals surface area (Å²) < 4.78 is 51.4. The Balaban J connectivity index is 2.79. The number of carboxylic acids is 1. The molecule has 1 rings (SSSR count). The number of aliphatic carboxylic acids is 1. The molecule has 0 bridgehead atoms. The van der Waals surface area contributed by atoms with Crippen LogP contribution in [0.1, 0.15) is 19.8 Å². The molecule has 0 spiro atoms. The molecule has 1 fully saturated rings. The molecule has 0 radical (unpaired) electrons. The Labute approximate surface area is 104 Å². The zero-order valence-electron chi connectivity index (χ0n) is 10.1. The first-order chi connectivity index (χ1) is 8.08. The predicted molar refractivity (Wildman–Crippen MR) is 59.5 cm³/mol. The van der Waals surface area contributed by atoms with Crippen LogP contribution in [0.15, 0.2) is 0 Å². The second-order valence-corrected chi connectivity index (χ2v) is 6.28. The van der Waals surface area contributed by atoms with Crippen LogP contribution in [-0.4, -0.2) is 60.2 Å². The normalized spacial score (nSPS) is 22.9. The monoisotopic (exact) mass is 286 g/mol. The van der Waals surface area contributed by atoms with E-state index in [0.717, 1.165) is 11.4 Å². The molecule has 1 aliphatic heterocycles. The van der Waals surface area contributed by atoms with E-state index in [1.165, 1.54) is 6.92 Å². The number of alkyl halides is 2. The second kappa shape index (κ2) is 5.06. The van der Waals surface area contributed by atoms with Crippen molar-refractivity contribution in [3.8, 4) is 0 Å². The van der Waals surface area contributed by atoms with E-state index in [-0.39, 0.29) is 13.1 Å². The number of hydrogen-bond acceptors (Lipinski definition) is 3. The van der Waals surface area contributed by atoms with Crippen molar-refractivity contribution in [1.82, 2.24) is 8.61 Å². The van der Waals surface area contributed by atoms with Gasteiger partial charge in [0, 0.05) is 33.0 Å². The lowest BCUT2D eigenvalue weighted by molar-refractivity contribution is -0.140. The SMILES string of the molecule is C[C@H](C(=O)O)N(C)S(=O)(=O)N1CCC(F)(F)CC1. The maximum Gasteiger partial charge on any atom is 0.321 e. The zero-order valence-corrected chi connectivity index (χ0v) is 11.0. The van der Waals surface area contributed by atoms with E-state index < -0.39 is 41.0 Å². The Morgan fingerprint density at radius 1 is 1.39 bits per heavy atom. The van der Waals surface area contributed by atoms with E-state index in [0.29, 0.717) is 4.31 Å². The van der Waals surface area contributed by atoms with Crippen LogP contribution in [0, 0.1) is 0 Å². The molecule has 0 saturated carbocycles. The van der Waals surface area contributed by atoms with Crippen LogP contribution in [0.2, 0.25) is 0 Å². The summed E-state index contributed by atoms with van der Waals surface area (Å²) in [6.45, 7) is 0.621. The number of rotatable bonds is 4. The molecule has 18 heavy (non-hydrogen) atoms. The Hall–Kier alpha value is -0.800. The van der Waals surface area contributed by atoms with Gasteiger partial charge in [0.2, 0.25) is 0 Å².